The standard InChI is InChI=1S/C14H29NO4/c1-16-9-10-18-13-14-19-12-11-17-8-7-15-5-3-2-4-6-15/h2-14H2,1H3/p+1. The van der Waals surface area contributed by atoms with Crippen molar-refractivity contribution in [2.45, 2.75) is 19.3 Å². The summed E-state index contributed by atoms with van der Waals surface area (Å²) >= 11 is 0. The number of likely N-dealkylation sites (tertiary alicyclic amines) is 1. The molecule has 5 nitrogen and oxygen atoms in total. The van der Waals surface area contributed by atoms with E-state index >= 15 is 0 Å². The molecule has 1 rings (SSSR count). The summed E-state index contributed by atoms with van der Waals surface area (Å²) in [6.45, 7) is 8.50. The van der Waals surface area contributed by atoms with Crippen molar-refractivity contribution in [1.29, 1.82) is 0 Å². The molecule has 0 amide bonds. The summed E-state index contributed by atoms with van der Waals surface area (Å²) in [5.74, 6) is 0. The maximum absolute atomic E-state index is 5.57. The van der Waals surface area contributed by atoms with E-state index in [-0.39, 0.29) is 0 Å². The van der Waals surface area contributed by atoms with Gasteiger partial charge in [0.05, 0.1) is 59.3 Å². The van der Waals surface area contributed by atoms with Crippen LogP contribution in [0.2, 0.25) is 0 Å². The van der Waals surface area contributed by atoms with Gasteiger partial charge in [-0.1, -0.05) is 0 Å². The van der Waals surface area contributed by atoms with E-state index in [2.05, 4.69) is 0 Å². The molecule has 0 aromatic heterocycles. The predicted octanol–water partition coefficient (Wildman–Crippen LogP) is -0.249. The molecule has 1 heterocycles. The summed E-state index contributed by atoms with van der Waals surface area (Å²) in [5, 5.41) is 0. The first-order chi connectivity index (χ1) is 9.43. The number of hydrogen-bond acceptors (Lipinski definition) is 4. The maximum Gasteiger partial charge on any atom is 0.101 e. The first-order valence-corrected chi connectivity index (χ1v) is 7.49. The summed E-state index contributed by atoms with van der Waals surface area (Å²) in [7, 11) is 1.67. The summed E-state index contributed by atoms with van der Waals surface area (Å²) in [6.07, 6.45) is 4.16. The van der Waals surface area contributed by atoms with Gasteiger partial charge < -0.3 is 23.8 Å². The Kier molecular flexibility index (Phi) is 11.4. The van der Waals surface area contributed by atoms with E-state index in [0.717, 1.165) is 13.2 Å². The van der Waals surface area contributed by atoms with Crippen molar-refractivity contribution >= 4 is 0 Å². The van der Waals surface area contributed by atoms with E-state index < -0.39 is 0 Å². The second-order valence-electron chi connectivity index (χ2n) is 4.89. The van der Waals surface area contributed by atoms with Gasteiger partial charge in [0.15, 0.2) is 0 Å². The van der Waals surface area contributed by atoms with Gasteiger partial charge in [-0.3, -0.25) is 0 Å². The zero-order chi connectivity index (χ0) is 13.6. The fourth-order valence-corrected chi connectivity index (χ4v) is 2.20. The Bertz CT molecular complexity index is 186. The zero-order valence-electron chi connectivity index (χ0n) is 12.3. The molecule has 0 aliphatic carbocycles. The van der Waals surface area contributed by atoms with E-state index in [4.69, 9.17) is 18.9 Å². The highest BCUT2D eigenvalue weighted by molar-refractivity contribution is 4.45. The predicted molar refractivity (Wildman–Crippen MR) is 73.7 cm³/mol. The van der Waals surface area contributed by atoms with E-state index in [1.807, 2.05) is 0 Å². The van der Waals surface area contributed by atoms with E-state index in [0.29, 0.717) is 39.6 Å². The second-order valence-corrected chi connectivity index (χ2v) is 4.89. The van der Waals surface area contributed by atoms with Crippen LogP contribution < -0.4 is 4.90 Å². The SMILES string of the molecule is COCCOCCOCCOCC[NH+]1CCCCC1. The topological polar surface area (TPSA) is 41.4 Å². The molecule has 19 heavy (non-hydrogen) atoms. The Labute approximate surface area is 117 Å². The third-order valence-electron chi connectivity index (χ3n) is 3.34. The lowest BCUT2D eigenvalue weighted by Gasteiger charge is -2.23. The highest BCUT2D eigenvalue weighted by atomic mass is 16.6. The molecule has 0 saturated carbocycles. The third-order valence-corrected chi connectivity index (χ3v) is 3.34. The lowest BCUT2D eigenvalue weighted by molar-refractivity contribution is -0.905. The van der Waals surface area contributed by atoms with Gasteiger partial charge >= 0.3 is 0 Å². The number of piperidine rings is 1. The van der Waals surface area contributed by atoms with Crippen LogP contribution in [0.4, 0.5) is 0 Å². The normalized spacial score (nSPS) is 16.9. The highest BCUT2D eigenvalue weighted by Crippen LogP contribution is 1.94. The lowest BCUT2D eigenvalue weighted by Crippen LogP contribution is -3.13. The van der Waals surface area contributed by atoms with Gasteiger partial charge in [0, 0.05) is 7.11 Å². The van der Waals surface area contributed by atoms with Crippen molar-refractivity contribution in [2.24, 2.45) is 0 Å². The Hall–Kier alpha value is -0.200. The fourth-order valence-electron chi connectivity index (χ4n) is 2.20. The average Bonchev–Trinajstić information content (AvgIpc) is 2.46. The molecule has 0 unspecified atom stereocenters. The molecule has 0 radical (unpaired) electrons. The van der Waals surface area contributed by atoms with Crippen LogP contribution in [0.15, 0.2) is 0 Å². The minimum absolute atomic E-state index is 0.626. The Morgan fingerprint density at radius 2 is 1.21 bits per heavy atom. The van der Waals surface area contributed by atoms with Crippen LogP contribution in [-0.2, 0) is 18.9 Å². The largest absolute Gasteiger partial charge is 0.382 e. The molecule has 0 aromatic carbocycles. The van der Waals surface area contributed by atoms with Crippen LogP contribution in [0.25, 0.3) is 0 Å². The molecular formula is C14H30NO4+. The Morgan fingerprint density at radius 1 is 0.684 bits per heavy atom. The molecule has 1 aliphatic heterocycles. The molecule has 114 valence electrons. The Morgan fingerprint density at radius 3 is 1.79 bits per heavy atom. The molecule has 0 atom stereocenters. The number of quaternary nitrogens is 1. The molecule has 1 N–H and O–H groups in total. The summed E-state index contributed by atoms with van der Waals surface area (Å²) < 4.78 is 21.1. The van der Waals surface area contributed by atoms with E-state index in [1.165, 1.54) is 32.4 Å². The molecule has 0 spiro atoms. The number of ether oxygens (including phenoxy) is 4. The number of methoxy groups -OCH3 is 1. The molecule has 0 bridgehead atoms. The minimum Gasteiger partial charge on any atom is -0.382 e. The number of nitrogens with one attached hydrogen (secondary N) is 1. The summed E-state index contributed by atoms with van der Waals surface area (Å²) in [6, 6.07) is 0. The smallest absolute Gasteiger partial charge is 0.101 e. The number of rotatable bonds is 12. The van der Waals surface area contributed by atoms with Gasteiger partial charge in [-0.2, -0.15) is 0 Å². The van der Waals surface area contributed by atoms with Crippen molar-refractivity contribution in [1.82, 2.24) is 0 Å². The maximum atomic E-state index is 5.57. The van der Waals surface area contributed by atoms with Crippen molar-refractivity contribution in [3.05, 3.63) is 0 Å². The number of hydrogen-bond donors (Lipinski definition) is 1. The van der Waals surface area contributed by atoms with E-state index in [9.17, 15) is 0 Å². The fraction of sp³-hybridized carbons (Fsp3) is 1.00. The van der Waals surface area contributed by atoms with Crippen molar-refractivity contribution < 1.29 is 23.8 Å². The van der Waals surface area contributed by atoms with Crippen LogP contribution in [0.5, 0.6) is 0 Å². The highest BCUT2D eigenvalue weighted by Gasteiger charge is 2.12. The van der Waals surface area contributed by atoms with Gasteiger partial charge in [-0.25, -0.2) is 0 Å². The van der Waals surface area contributed by atoms with Crippen molar-refractivity contribution in [3.8, 4) is 0 Å². The van der Waals surface area contributed by atoms with Crippen molar-refractivity contribution in [2.75, 3.05) is 73.0 Å². The first kappa shape index (κ1) is 16.9. The van der Waals surface area contributed by atoms with Gasteiger partial charge in [-0.15, -0.1) is 0 Å². The summed E-state index contributed by atoms with van der Waals surface area (Å²) in [5.41, 5.74) is 0. The quantitative estimate of drug-likeness (QED) is 0.499. The van der Waals surface area contributed by atoms with Crippen molar-refractivity contribution in [3.63, 3.8) is 0 Å². The van der Waals surface area contributed by atoms with Crippen LogP contribution >= 0.6 is 0 Å². The lowest BCUT2D eigenvalue weighted by atomic mass is 10.1. The molecule has 0 aromatic rings. The van der Waals surface area contributed by atoms with Gasteiger partial charge in [-0.05, 0) is 19.3 Å². The molecule has 1 saturated heterocycles. The average molecular weight is 276 g/mol. The Balaban J connectivity index is 1.71. The second kappa shape index (κ2) is 12.8. The minimum atomic E-state index is 0.626. The van der Waals surface area contributed by atoms with Crippen LogP contribution in [0, 0.1) is 0 Å². The van der Waals surface area contributed by atoms with E-state index in [1.54, 1.807) is 12.0 Å². The van der Waals surface area contributed by atoms with Crippen LogP contribution in [-0.4, -0.2) is 73.0 Å². The van der Waals surface area contributed by atoms with Gasteiger partial charge in [0.1, 0.15) is 6.54 Å². The first-order valence-electron chi connectivity index (χ1n) is 7.49. The molecule has 1 fully saturated rings. The third kappa shape index (κ3) is 10.3. The monoisotopic (exact) mass is 276 g/mol. The zero-order valence-corrected chi connectivity index (χ0v) is 12.3. The van der Waals surface area contributed by atoms with Crippen LogP contribution in [0.1, 0.15) is 19.3 Å². The van der Waals surface area contributed by atoms with Crippen LogP contribution in [0.3, 0.4) is 0 Å². The van der Waals surface area contributed by atoms with Gasteiger partial charge in [0.2, 0.25) is 0 Å². The summed E-state index contributed by atoms with van der Waals surface area (Å²) in [4.78, 5) is 1.69. The molecular weight excluding hydrogens is 246 g/mol. The molecule has 5 heteroatoms. The van der Waals surface area contributed by atoms with Gasteiger partial charge in [0.25, 0.3) is 0 Å². The molecule has 1 aliphatic rings.